The van der Waals surface area contributed by atoms with Crippen LogP contribution in [0.5, 0.6) is 0 Å². The van der Waals surface area contributed by atoms with Gasteiger partial charge in [-0.05, 0) is 25.2 Å². The number of likely N-dealkylation sites (tertiary alicyclic amines) is 1. The van der Waals surface area contributed by atoms with Crippen LogP contribution in [0.2, 0.25) is 0 Å². The van der Waals surface area contributed by atoms with E-state index in [2.05, 4.69) is 22.1 Å². The molecule has 2 rings (SSSR count). The third kappa shape index (κ3) is 3.05. The maximum absolute atomic E-state index is 12.1. The molecule has 1 amide bonds. The fraction of sp³-hybridized carbons (Fsp3) is 0.750. The predicted molar refractivity (Wildman–Crippen MR) is 64.5 cm³/mol. The summed E-state index contributed by atoms with van der Waals surface area (Å²) in [5.41, 5.74) is 0. The number of carbonyl (C=O) groups is 1. The Hall–Kier alpha value is -1.39. The fourth-order valence-electron chi connectivity index (χ4n) is 2.52. The molecule has 1 fully saturated rings. The van der Waals surface area contributed by atoms with E-state index in [4.69, 9.17) is 0 Å². The number of aromatic nitrogens is 3. The van der Waals surface area contributed by atoms with E-state index in [1.807, 2.05) is 4.90 Å². The van der Waals surface area contributed by atoms with E-state index in [1.165, 1.54) is 25.6 Å². The third-order valence-corrected chi connectivity index (χ3v) is 3.45. The molecule has 1 aliphatic heterocycles. The molecule has 0 aromatic carbocycles. The number of rotatable bonds is 3. The van der Waals surface area contributed by atoms with E-state index in [0.717, 1.165) is 31.8 Å². The first-order valence-electron chi connectivity index (χ1n) is 6.46. The van der Waals surface area contributed by atoms with Crippen LogP contribution in [0.25, 0.3) is 0 Å². The SMILES string of the molecule is CCCC1CCCN(C(=O)c2ncn[nH]2)CC1. The number of aromatic amines is 1. The van der Waals surface area contributed by atoms with E-state index in [1.54, 1.807) is 0 Å². The van der Waals surface area contributed by atoms with Gasteiger partial charge in [0.25, 0.3) is 5.91 Å². The summed E-state index contributed by atoms with van der Waals surface area (Å²) >= 11 is 0. The minimum Gasteiger partial charge on any atom is -0.336 e. The van der Waals surface area contributed by atoms with Gasteiger partial charge in [-0.2, -0.15) is 5.10 Å². The molecule has 1 aromatic heterocycles. The predicted octanol–water partition coefficient (Wildman–Crippen LogP) is 1.85. The highest BCUT2D eigenvalue weighted by molar-refractivity contribution is 5.90. The molecule has 0 saturated carbocycles. The highest BCUT2D eigenvalue weighted by Gasteiger charge is 2.22. The number of hydrogen-bond donors (Lipinski definition) is 1. The van der Waals surface area contributed by atoms with Gasteiger partial charge in [0.15, 0.2) is 0 Å². The van der Waals surface area contributed by atoms with Crippen LogP contribution >= 0.6 is 0 Å². The zero-order valence-electron chi connectivity index (χ0n) is 10.4. The maximum atomic E-state index is 12.1. The Bertz CT molecular complexity index is 349. The lowest BCUT2D eigenvalue weighted by Gasteiger charge is -2.19. The number of H-pyrrole nitrogens is 1. The van der Waals surface area contributed by atoms with Crippen molar-refractivity contribution in [3.05, 3.63) is 12.2 Å². The van der Waals surface area contributed by atoms with Crippen molar-refractivity contribution >= 4 is 5.91 Å². The summed E-state index contributed by atoms with van der Waals surface area (Å²) in [7, 11) is 0. The Labute approximate surface area is 102 Å². The highest BCUT2D eigenvalue weighted by atomic mass is 16.2. The lowest BCUT2D eigenvalue weighted by molar-refractivity contribution is 0.0748. The second-order valence-electron chi connectivity index (χ2n) is 4.71. The lowest BCUT2D eigenvalue weighted by atomic mass is 9.96. The van der Waals surface area contributed by atoms with Crippen LogP contribution in [0.3, 0.4) is 0 Å². The van der Waals surface area contributed by atoms with E-state index in [9.17, 15) is 4.79 Å². The van der Waals surface area contributed by atoms with Crippen LogP contribution in [0.1, 0.15) is 49.6 Å². The summed E-state index contributed by atoms with van der Waals surface area (Å²) in [6, 6.07) is 0. The van der Waals surface area contributed by atoms with Crippen LogP contribution in [-0.2, 0) is 0 Å². The molecule has 5 heteroatoms. The first kappa shape index (κ1) is 12.1. The van der Waals surface area contributed by atoms with Gasteiger partial charge in [-0.3, -0.25) is 9.89 Å². The molecular formula is C12H20N4O. The van der Waals surface area contributed by atoms with Crippen molar-refractivity contribution in [2.75, 3.05) is 13.1 Å². The summed E-state index contributed by atoms with van der Waals surface area (Å²) in [6.45, 7) is 3.92. The van der Waals surface area contributed by atoms with Gasteiger partial charge >= 0.3 is 0 Å². The molecule has 5 nitrogen and oxygen atoms in total. The molecule has 1 aromatic rings. The van der Waals surface area contributed by atoms with E-state index in [0.29, 0.717) is 5.82 Å². The Morgan fingerprint density at radius 2 is 2.41 bits per heavy atom. The maximum Gasteiger partial charge on any atom is 0.291 e. The van der Waals surface area contributed by atoms with Crippen molar-refractivity contribution in [2.24, 2.45) is 5.92 Å². The Morgan fingerprint density at radius 1 is 1.53 bits per heavy atom. The van der Waals surface area contributed by atoms with Gasteiger partial charge in [0.2, 0.25) is 5.82 Å². The molecule has 1 unspecified atom stereocenters. The molecule has 94 valence electrons. The van der Waals surface area contributed by atoms with Crippen LogP contribution in [-0.4, -0.2) is 39.1 Å². The van der Waals surface area contributed by atoms with Crippen LogP contribution in [0.4, 0.5) is 0 Å². The molecular weight excluding hydrogens is 216 g/mol. The minimum absolute atomic E-state index is 0.0142. The summed E-state index contributed by atoms with van der Waals surface area (Å²) in [5.74, 6) is 1.13. The molecule has 0 radical (unpaired) electrons. The first-order chi connectivity index (χ1) is 8.31. The first-order valence-corrected chi connectivity index (χ1v) is 6.46. The Kier molecular flexibility index (Phi) is 4.12. The van der Waals surface area contributed by atoms with E-state index >= 15 is 0 Å². The van der Waals surface area contributed by atoms with Crippen molar-refractivity contribution in [3.63, 3.8) is 0 Å². The summed E-state index contributed by atoms with van der Waals surface area (Å²) < 4.78 is 0. The number of nitrogens with zero attached hydrogens (tertiary/aromatic N) is 3. The van der Waals surface area contributed by atoms with Gasteiger partial charge in [-0.15, -0.1) is 0 Å². The number of hydrogen-bond acceptors (Lipinski definition) is 3. The molecule has 1 N–H and O–H groups in total. The standard InChI is InChI=1S/C12H20N4O/c1-2-4-10-5-3-7-16(8-6-10)12(17)11-13-9-14-15-11/h9-10H,2-8H2,1H3,(H,13,14,15). The topological polar surface area (TPSA) is 61.9 Å². The highest BCUT2D eigenvalue weighted by Crippen LogP contribution is 2.22. The number of nitrogens with one attached hydrogen (secondary N) is 1. The summed E-state index contributed by atoms with van der Waals surface area (Å²) in [6.07, 6.45) is 7.36. The quantitative estimate of drug-likeness (QED) is 0.871. The van der Waals surface area contributed by atoms with Crippen molar-refractivity contribution in [2.45, 2.75) is 39.0 Å². The molecule has 2 heterocycles. The third-order valence-electron chi connectivity index (χ3n) is 3.45. The van der Waals surface area contributed by atoms with E-state index < -0.39 is 0 Å². The smallest absolute Gasteiger partial charge is 0.291 e. The molecule has 1 aliphatic rings. The zero-order chi connectivity index (χ0) is 12.1. The minimum atomic E-state index is -0.0142. The second-order valence-corrected chi connectivity index (χ2v) is 4.71. The fourth-order valence-corrected chi connectivity index (χ4v) is 2.52. The van der Waals surface area contributed by atoms with Crippen molar-refractivity contribution in [3.8, 4) is 0 Å². The molecule has 0 bridgehead atoms. The van der Waals surface area contributed by atoms with Crippen LogP contribution < -0.4 is 0 Å². The van der Waals surface area contributed by atoms with Gasteiger partial charge < -0.3 is 4.90 Å². The number of amides is 1. The van der Waals surface area contributed by atoms with Gasteiger partial charge in [-0.1, -0.05) is 19.8 Å². The van der Waals surface area contributed by atoms with Crippen molar-refractivity contribution < 1.29 is 4.79 Å². The molecule has 17 heavy (non-hydrogen) atoms. The normalized spacial score (nSPS) is 21.2. The number of carbonyl (C=O) groups excluding carboxylic acids is 1. The lowest BCUT2D eigenvalue weighted by Crippen LogP contribution is -2.32. The average Bonchev–Trinajstić information content (AvgIpc) is 2.76. The summed E-state index contributed by atoms with van der Waals surface area (Å²) in [5, 5.41) is 6.36. The van der Waals surface area contributed by atoms with Crippen LogP contribution in [0, 0.1) is 5.92 Å². The van der Waals surface area contributed by atoms with Gasteiger partial charge in [0.05, 0.1) is 0 Å². The molecule has 0 spiro atoms. The Balaban J connectivity index is 1.92. The van der Waals surface area contributed by atoms with Gasteiger partial charge in [0.1, 0.15) is 6.33 Å². The molecule has 0 aliphatic carbocycles. The van der Waals surface area contributed by atoms with Crippen LogP contribution in [0.15, 0.2) is 6.33 Å². The molecule has 1 saturated heterocycles. The summed E-state index contributed by atoms with van der Waals surface area (Å²) in [4.78, 5) is 17.9. The monoisotopic (exact) mass is 236 g/mol. The molecule has 1 atom stereocenters. The van der Waals surface area contributed by atoms with Gasteiger partial charge in [0, 0.05) is 13.1 Å². The van der Waals surface area contributed by atoms with Gasteiger partial charge in [-0.25, -0.2) is 4.98 Å². The van der Waals surface area contributed by atoms with E-state index in [-0.39, 0.29) is 5.91 Å². The largest absolute Gasteiger partial charge is 0.336 e. The van der Waals surface area contributed by atoms with Crippen molar-refractivity contribution in [1.82, 2.24) is 20.1 Å². The Morgan fingerprint density at radius 3 is 3.12 bits per heavy atom. The zero-order valence-corrected chi connectivity index (χ0v) is 10.4. The average molecular weight is 236 g/mol. The van der Waals surface area contributed by atoms with Crippen molar-refractivity contribution in [1.29, 1.82) is 0 Å². The second kappa shape index (κ2) is 5.80.